The van der Waals surface area contributed by atoms with Crippen LogP contribution in [-0.4, -0.2) is 26.3 Å². The molecule has 0 saturated carbocycles. The summed E-state index contributed by atoms with van der Waals surface area (Å²) >= 11 is 0. The molecule has 0 aromatic heterocycles. The molecule has 1 fully saturated rings. The van der Waals surface area contributed by atoms with Crippen molar-refractivity contribution in [2.45, 2.75) is 0 Å². The average Bonchev–Trinajstić information content (AvgIpc) is 1.72. The van der Waals surface area contributed by atoms with Gasteiger partial charge in [0.25, 0.3) is 0 Å². The first-order valence-corrected chi connectivity index (χ1v) is 2.21. The topological polar surface area (TPSA) is 23.3 Å². The fourth-order valence-corrected chi connectivity index (χ4v) is 0.472. The molecular formula is C4H8NOY-. The second-order valence-corrected chi connectivity index (χ2v) is 1.28. The predicted molar refractivity (Wildman–Crippen MR) is 23.9 cm³/mol. The second kappa shape index (κ2) is 5.17. The number of rotatable bonds is 0. The summed E-state index contributed by atoms with van der Waals surface area (Å²) in [6.45, 7) is 3.47. The standard InChI is InChI=1S/C4H8NO.Y/c1-3-6-4-2-5-1;/h1-4H2;/q-1;. The smallest absolute Gasteiger partial charge is 0.0277 e. The molecule has 0 spiro atoms. The average molecular weight is 175 g/mol. The maximum Gasteiger partial charge on any atom is 0.0277 e. The van der Waals surface area contributed by atoms with E-state index < -0.39 is 0 Å². The quantitative estimate of drug-likeness (QED) is 0.522. The summed E-state index contributed by atoms with van der Waals surface area (Å²) in [5.74, 6) is 0. The summed E-state index contributed by atoms with van der Waals surface area (Å²) in [5.41, 5.74) is 0. The van der Waals surface area contributed by atoms with Gasteiger partial charge in [-0.1, -0.05) is 0 Å². The van der Waals surface area contributed by atoms with Gasteiger partial charge in [-0.3, -0.25) is 0 Å². The summed E-state index contributed by atoms with van der Waals surface area (Å²) in [7, 11) is 0. The van der Waals surface area contributed by atoms with E-state index in [0.29, 0.717) is 0 Å². The van der Waals surface area contributed by atoms with E-state index in [1.807, 2.05) is 0 Å². The molecule has 3 heteroatoms. The van der Waals surface area contributed by atoms with Crippen molar-refractivity contribution in [3.8, 4) is 0 Å². The fraction of sp³-hybridized carbons (Fsp3) is 1.00. The zero-order chi connectivity index (χ0) is 4.24. The van der Waals surface area contributed by atoms with Crippen LogP contribution in [0.15, 0.2) is 0 Å². The van der Waals surface area contributed by atoms with E-state index in [9.17, 15) is 0 Å². The SMILES string of the molecule is C1COCC[N-]1.[Y]. The van der Waals surface area contributed by atoms with Crippen molar-refractivity contribution in [2.24, 2.45) is 0 Å². The minimum absolute atomic E-state index is 0. The molecular weight excluding hydrogens is 167 g/mol. The van der Waals surface area contributed by atoms with Crippen molar-refractivity contribution in [1.29, 1.82) is 0 Å². The molecule has 1 radical (unpaired) electrons. The Labute approximate surface area is 68.9 Å². The van der Waals surface area contributed by atoms with Gasteiger partial charge < -0.3 is 10.1 Å². The van der Waals surface area contributed by atoms with Crippen LogP contribution in [0.3, 0.4) is 0 Å². The van der Waals surface area contributed by atoms with Gasteiger partial charge in [0, 0.05) is 45.9 Å². The Hall–Kier alpha value is 1.02. The van der Waals surface area contributed by atoms with Crippen LogP contribution in [0.2, 0.25) is 0 Å². The molecule has 0 bridgehead atoms. The van der Waals surface area contributed by atoms with Crippen LogP contribution >= 0.6 is 0 Å². The van der Waals surface area contributed by atoms with Crippen LogP contribution in [0.4, 0.5) is 0 Å². The third-order valence-electron chi connectivity index (χ3n) is 0.787. The fourth-order valence-electron chi connectivity index (χ4n) is 0.472. The molecule has 0 aromatic rings. The van der Waals surface area contributed by atoms with E-state index in [2.05, 4.69) is 5.32 Å². The minimum Gasteiger partial charge on any atom is -0.659 e. The van der Waals surface area contributed by atoms with Crippen molar-refractivity contribution >= 4 is 0 Å². The van der Waals surface area contributed by atoms with E-state index in [1.165, 1.54) is 0 Å². The van der Waals surface area contributed by atoms with Crippen LogP contribution in [-0.2, 0) is 37.4 Å². The number of nitrogens with zero attached hydrogens (tertiary/aromatic N) is 1. The van der Waals surface area contributed by atoms with Crippen LogP contribution in [0.1, 0.15) is 0 Å². The van der Waals surface area contributed by atoms with Gasteiger partial charge in [-0.05, 0) is 0 Å². The van der Waals surface area contributed by atoms with Crippen LogP contribution < -0.4 is 0 Å². The molecule has 0 aliphatic carbocycles. The van der Waals surface area contributed by atoms with Crippen molar-refractivity contribution in [3.63, 3.8) is 0 Å². The van der Waals surface area contributed by atoms with E-state index in [4.69, 9.17) is 4.74 Å². The number of hydrogen-bond acceptors (Lipinski definition) is 1. The second-order valence-electron chi connectivity index (χ2n) is 1.28. The Bertz CT molecular complexity index is 27.2. The normalized spacial score (nSPS) is 20.6. The molecule has 0 unspecified atom stereocenters. The van der Waals surface area contributed by atoms with E-state index in [1.54, 1.807) is 0 Å². The monoisotopic (exact) mass is 175 g/mol. The van der Waals surface area contributed by atoms with Crippen LogP contribution in [0.25, 0.3) is 5.32 Å². The molecule has 1 rings (SSSR count). The summed E-state index contributed by atoms with van der Waals surface area (Å²) in [4.78, 5) is 0. The Morgan fingerprint density at radius 3 is 1.86 bits per heavy atom. The van der Waals surface area contributed by atoms with Gasteiger partial charge in [0.05, 0.1) is 0 Å². The van der Waals surface area contributed by atoms with Crippen molar-refractivity contribution < 1.29 is 37.4 Å². The number of hydrogen-bond donors (Lipinski definition) is 0. The summed E-state index contributed by atoms with van der Waals surface area (Å²) in [6, 6.07) is 0. The summed E-state index contributed by atoms with van der Waals surface area (Å²) in [5, 5.41) is 4.05. The van der Waals surface area contributed by atoms with Crippen molar-refractivity contribution in [3.05, 3.63) is 5.32 Å². The molecule has 1 saturated heterocycles. The Morgan fingerprint density at radius 2 is 1.71 bits per heavy atom. The first kappa shape index (κ1) is 8.02. The number of morpholine rings is 1. The Kier molecular flexibility index (Phi) is 5.92. The van der Waals surface area contributed by atoms with E-state index >= 15 is 0 Å². The molecule has 0 amide bonds. The first-order chi connectivity index (χ1) is 3.00. The van der Waals surface area contributed by atoms with Crippen molar-refractivity contribution in [1.82, 2.24) is 0 Å². The van der Waals surface area contributed by atoms with Gasteiger partial charge in [0.15, 0.2) is 0 Å². The molecule has 0 atom stereocenters. The van der Waals surface area contributed by atoms with Gasteiger partial charge in [-0.2, -0.15) is 0 Å². The largest absolute Gasteiger partial charge is 0.659 e. The Morgan fingerprint density at radius 1 is 1.14 bits per heavy atom. The van der Waals surface area contributed by atoms with Crippen LogP contribution in [0.5, 0.6) is 0 Å². The van der Waals surface area contributed by atoms with Gasteiger partial charge in [0.2, 0.25) is 0 Å². The third-order valence-corrected chi connectivity index (χ3v) is 0.787. The minimum atomic E-state index is 0. The third kappa shape index (κ3) is 3.59. The zero-order valence-electron chi connectivity index (χ0n) is 4.26. The maximum absolute atomic E-state index is 4.98. The van der Waals surface area contributed by atoms with Gasteiger partial charge in [-0.25, -0.2) is 0 Å². The first-order valence-electron chi connectivity index (χ1n) is 2.21. The zero-order valence-corrected chi connectivity index (χ0v) is 7.10. The van der Waals surface area contributed by atoms with E-state index in [0.717, 1.165) is 26.3 Å². The summed E-state index contributed by atoms with van der Waals surface area (Å²) in [6.07, 6.45) is 0. The summed E-state index contributed by atoms with van der Waals surface area (Å²) < 4.78 is 4.98. The maximum atomic E-state index is 4.98. The molecule has 39 valence electrons. The molecule has 1 aliphatic heterocycles. The van der Waals surface area contributed by atoms with Gasteiger partial charge >= 0.3 is 0 Å². The molecule has 0 N–H and O–H groups in total. The molecule has 0 aromatic carbocycles. The molecule has 1 aliphatic rings. The number of ether oxygens (including phenoxy) is 1. The van der Waals surface area contributed by atoms with Gasteiger partial charge in [0.1, 0.15) is 0 Å². The molecule has 7 heavy (non-hydrogen) atoms. The molecule has 1 heterocycles. The van der Waals surface area contributed by atoms with Gasteiger partial charge in [-0.15, -0.1) is 13.1 Å². The van der Waals surface area contributed by atoms with Crippen LogP contribution in [0, 0.1) is 0 Å². The van der Waals surface area contributed by atoms with E-state index in [-0.39, 0.29) is 32.7 Å². The predicted octanol–water partition coefficient (Wildman–Crippen LogP) is 0.388. The molecule has 2 nitrogen and oxygen atoms in total. The Balaban J connectivity index is 0.000000360. The van der Waals surface area contributed by atoms with Crippen molar-refractivity contribution in [2.75, 3.05) is 26.3 Å².